The average Bonchev–Trinajstić information content (AvgIpc) is 2.37. The Labute approximate surface area is 135 Å². The molecule has 2 aromatic carbocycles. The Kier molecular flexibility index (Phi) is 3.54. The monoisotopic (exact) mass is 321 g/mol. The molecule has 1 aliphatic rings. The highest BCUT2D eigenvalue weighted by atomic mass is 35.5. The zero-order valence-electron chi connectivity index (χ0n) is 12.3. The van der Waals surface area contributed by atoms with Gasteiger partial charge in [-0.05, 0) is 30.7 Å². The van der Waals surface area contributed by atoms with E-state index >= 15 is 0 Å². The zero-order chi connectivity index (χ0) is 15.2. The van der Waals surface area contributed by atoms with Gasteiger partial charge in [-0.15, -0.1) is 0 Å². The van der Waals surface area contributed by atoms with Gasteiger partial charge >= 0.3 is 0 Å². The average molecular weight is 322 g/mol. The molecule has 1 heterocycles. The van der Waals surface area contributed by atoms with Gasteiger partial charge in [-0.3, -0.25) is 0 Å². The van der Waals surface area contributed by atoms with Gasteiger partial charge in [-0.25, -0.2) is 0 Å². The lowest BCUT2D eigenvalue weighted by Crippen LogP contribution is -2.26. The van der Waals surface area contributed by atoms with Crippen molar-refractivity contribution >= 4 is 34.6 Å². The lowest BCUT2D eigenvalue weighted by atomic mass is 9.74. The SMILES string of the molecule is CCOc1ccc2c(c1)Nc1cc(Cl)cc(Cl)c1C2(C)C. The van der Waals surface area contributed by atoms with Crippen molar-refractivity contribution in [2.45, 2.75) is 26.2 Å². The molecule has 0 aromatic heterocycles. The minimum absolute atomic E-state index is 0.192. The lowest BCUT2D eigenvalue weighted by Gasteiger charge is -2.36. The van der Waals surface area contributed by atoms with Crippen molar-refractivity contribution in [3.05, 3.63) is 51.5 Å². The van der Waals surface area contributed by atoms with E-state index in [9.17, 15) is 0 Å². The van der Waals surface area contributed by atoms with Gasteiger partial charge in [0, 0.05) is 38.5 Å². The summed E-state index contributed by atoms with van der Waals surface area (Å²) in [5.74, 6) is 0.858. The molecule has 0 bridgehead atoms. The largest absolute Gasteiger partial charge is 0.494 e. The minimum Gasteiger partial charge on any atom is -0.494 e. The summed E-state index contributed by atoms with van der Waals surface area (Å²) in [4.78, 5) is 0. The van der Waals surface area contributed by atoms with E-state index in [1.165, 1.54) is 5.56 Å². The van der Waals surface area contributed by atoms with Gasteiger partial charge in [0.25, 0.3) is 0 Å². The molecular weight excluding hydrogens is 305 g/mol. The Balaban J connectivity index is 2.18. The highest BCUT2D eigenvalue weighted by Crippen LogP contribution is 2.49. The second-order valence-corrected chi connectivity index (χ2v) is 6.54. The van der Waals surface area contributed by atoms with Crippen molar-refractivity contribution in [3.63, 3.8) is 0 Å². The fraction of sp³-hybridized carbons (Fsp3) is 0.294. The number of ether oxygens (including phenoxy) is 1. The van der Waals surface area contributed by atoms with Crippen LogP contribution in [0, 0.1) is 0 Å². The first kappa shape index (κ1) is 14.6. The molecule has 21 heavy (non-hydrogen) atoms. The van der Waals surface area contributed by atoms with Crippen LogP contribution in [0.5, 0.6) is 5.75 Å². The topological polar surface area (TPSA) is 21.3 Å². The van der Waals surface area contributed by atoms with E-state index in [1.54, 1.807) is 6.07 Å². The molecule has 0 radical (unpaired) electrons. The third kappa shape index (κ3) is 2.37. The zero-order valence-corrected chi connectivity index (χ0v) is 13.8. The second-order valence-electron chi connectivity index (χ2n) is 5.70. The van der Waals surface area contributed by atoms with Crippen molar-refractivity contribution in [3.8, 4) is 5.75 Å². The van der Waals surface area contributed by atoms with E-state index < -0.39 is 0 Å². The number of benzene rings is 2. The molecule has 0 aliphatic carbocycles. The number of rotatable bonds is 2. The molecule has 4 heteroatoms. The van der Waals surface area contributed by atoms with Gasteiger partial charge in [0.1, 0.15) is 5.75 Å². The van der Waals surface area contributed by atoms with Gasteiger partial charge in [-0.2, -0.15) is 0 Å². The number of nitrogens with one attached hydrogen (secondary N) is 1. The van der Waals surface area contributed by atoms with Crippen LogP contribution in [-0.4, -0.2) is 6.61 Å². The van der Waals surface area contributed by atoms with Crippen molar-refractivity contribution in [2.75, 3.05) is 11.9 Å². The first-order chi connectivity index (χ1) is 9.93. The van der Waals surface area contributed by atoms with Crippen LogP contribution in [-0.2, 0) is 5.41 Å². The summed E-state index contributed by atoms with van der Waals surface area (Å²) in [5.41, 5.74) is 4.07. The predicted molar refractivity (Wildman–Crippen MR) is 89.5 cm³/mol. The fourth-order valence-electron chi connectivity index (χ4n) is 3.02. The molecule has 0 amide bonds. The van der Waals surface area contributed by atoms with Crippen LogP contribution in [0.15, 0.2) is 30.3 Å². The van der Waals surface area contributed by atoms with Crippen molar-refractivity contribution in [1.29, 1.82) is 0 Å². The van der Waals surface area contributed by atoms with Crippen LogP contribution in [0.3, 0.4) is 0 Å². The Hall–Kier alpha value is -1.38. The molecule has 3 rings (SSSR count). The standard InChI is InChI=1S/C17H17Cl2NO/c1-4-21-11-5-6-12-14(9-11)20-15-8-10(18)7-13(19)16(15)17(12,2)3/h5-9,20H,4H2,1-3H3. The fourth-order valence-corrected chi connectivity index (χ4v) is 3.75. The van der Waals surface area contributed by atoms with Crippen LogP contribution in [0.1, 0.15) is 31.9 Å². The van der Waals surface area contributed by atoms with Gasteiger partial charge in [0.15, 0.2) is 0 Å². The molecular formula is C17H17Cl2NO. The third-order valence-electron chi connectivity index (χ3n) is 3.92. The highest BCUT2D eigenvalue weighted by Gasteiger charge is 2.34. The molecule has 0 fully saturated rings. The van der Waals surface area contributed by atoms with E-state index in [2.05, 4.69) is 25.2 Å². The third-order valence-corrected chi connectivity index (χ3v) is 4.44. The molecule has 0 saturated heterocycles. The minimum atomic E-state index is -0.192. The van der Waals surface area contributed by atoms with E-state index in [1.807, 2.05) is 25.1 Å². The summed E-state index contributed by atoms with van der Waals surface area (Å²) >= 11 is 12.6. The summed E-state index contributed by atoms with van der Waals surface area (Å²) < 4.78 is 5.58. The van der Waals surface area contributed by atoms with E-state index in [0.29, 0.717) is 16.7 Å². The Bertz CT molecular complexity index is 710. The van der Waals surface area contributed by atoms with Crippen LogP contribution in [0.2, 0.25) is 10.0 Å². The molecule has 0 spiro atoms. The van der Waals surface area contributed by atoms with E-state index in [4.69, 9.17) is 27.9 Å². The lowest BCUT2D eigenvalue weighted by molar-refractivity contribution is 0.340. The summed E-state index contributed by atoms with van der Waals surface area (Å²) in [6.07, 6.45) is 0. The van der Waals surface area contributed by atoms with Gasteiger partial charge in [0.05, 0.1) is 6.61 Å². The number of hydrogen-bond acceptors (Lipinski definition) is 2. The van der Waals surface area contributed by atoms with Crippen LogP contribution < -0.4 is 10.1 Å². The summed E-state index contributed by atoms with van der Waals surface area (Å²) in [6.45, 7) is 6.97. The Morgan fingerprint density at radius 1 is 1.10 bits per heavy atom. The molecule has 110 valence electrons. The summed E-state index contributed by atoms with van der Waals surface area (Å²) in [5, 5.41) is 4.75. The van der Waals surface area contributed by atoms with Gasteiger partial charge < -0.3 is 10.1 Å². The molecule has 1 aliphatic heterocycles. The van der Waals surface area contributed by atoms with E-state index in [0.717, 1.165) is 22.7 Å². The molecule has 1 N–H and O–H groups in total. The first-order valence-corrected chi connectivity index (χ1v) is 7.73. The Morgan fingerprint density at radius 3 is 2.57 bits per heavy atom. The predicted octanol–water partition coefficient (Wildman–Crippen LogP) is 5.78. The normalized spacial score (nSPS) is 14.9. The number of anilines is 2. The maximum atomic E-state index is 6.43. The Morgan fingerprint density at radius 2 is 1.86 bits per heavy atom. The summed E-state index contributed by atoms with van der Waals surface area (Å²) in [6, 6.07) is 9.84. The van der Waals surface area contributed by atoms with Gasteiger partial charge in [-0.1, -0.05) is 43.1 Å². The van der Waals surface area contributed by atoms with Crippen LogP contribution in [0.4, 0.5) is 11.4 Å². The molecule has 2 nitrogen and oxygen atoms in total. The second kappa shape index (κ2) is 5.11. The summed E-state index contributed by atoms with van der Waals surface area (Å²) in [7, 11) is 0. The molecule has 0 saturated carbocycles. The number of halogens is 2. The van der Waals surface area contributed by atoms with E-state index in [-0.39, 0.29) is 5.41 Å². The van der Waals surface area contributed by atoms with Crippen molar-refractivity contribution < 1.29 is 4.74 Å². The van der Waals surface area contributed by atoms with Crippen LogP contribution >= 0.6 is 23.2 Å². The molecule has 2 aromatic rings. The molecule has 0 atom stereocenters. The first-order valence-electron chi connectivity index (χ1n) is 6.97. The highest BCUT2D eigenvalue weighted by molar-refractivity contribution is 6.36. The quantitative estimate of drug-likeness (QED) is 0.757. The maximum Gasteiger partial charge on any atom is 0.121 e. The maximum absolute atomic E-state index is 6.43. The van der Waals surface area contributed by atoms with Gasteiger partial charge in [0.2, 0.25) is 0 Å². The smallest absolute Gasteiger partial charge is 0.121 e. The number of hydrogen-bond donors (Lipinski definition) is 1. The van der Waals surface area contributed by atoms with Crippen LogP contribution in [0.25, 0.3) is 0 Å². The van der Waals surface area contributed by atoms with Crippen molar-refractivity contribution in [2.24, 2.45) is 0 Å². The van der Waals surface area contributed by atoms with Crippen molar-refractivity contribution in [1.82, 2.24) is 0 Å². The molecule has 0 unspecified atom stereocenters. The number of fused-ring (bicyclic) bond motifs is 2.